The molecule has 0 bridgehead atoms. The van der Waals surface area contributed by atoms with Crippen molar-refractivity contribution in [3.8, 4) is 0 Å². The van der Waals surface area contributed by atoms with E-state index in [-0.39, 0.29) is 6.42 Å². The molecule has 0 atom stereocenters. The zero-order valence-corrected chi connectivity index (χ0v) is 8.82. The molecule has 0 aliphatic carbocycles. The quantitative estimate of drug-likeness (QED) is 0.847. The predicted octanol–water partition coefficient (Wildman–Crippen LogP) is 1.85. The van der Waals surface area contributed by atoms with Crippen LogP contribution in [0.2, 0.25) is 5.02 Å². The largest absolute Gasteiger partial charge is 0.481 e. The number of rotatable bonds is 2. The smallest absolute Gasteiger partial charge is 0.309 e. The van der Waals surface area contributed by atoms with Gasteiger partial charge in [0.15, 0.2) is 0 Å². The van der Waals surface area contributed by atoms with E-state index in [1.165, 1.54) is 0 Å². The van der Waals surface area contributed by atoms with E-state index >= 15 is 0 Å². The average molecular weight is 225 g/mol. The van der Waals surface area contributed by atoms with E-state index in [4.69, 9.17) is 16.7 Å². The van der Waals surface area contributed by atoms with E-state index in [1.807, 2.05) is 6.07 Å². The number of carboxylic acid groups (broad SMARTS) is 1. The van der Waals surface area contributed by atoms with Crippen LogP contribution in [-0.4, -0.2) is 20.9 Å². The van der Waals surface area contributed by atoms with Gasteiger partial charge in [-0.15, -0.1) is 0 Å². The SMILES string of the molecule is Cn1nc2cccc(Cl)c2c1CC(=O)O. The molecule has 1 aromatic heterocycles. The number of carboxylic acids is 1. The number of nitrogens with zero attached hydrogens (tertiary/aromatic N) is 2. The van der Waals surface area contributed by atoms with Crippen molar-refractivity contribution in [2.75, 3.05) is 0 Å². The van der Waals surface area contributed by atoms with Crippen LogP contribution in [0, 0.1) is 0 Å². The number of aromatic nitrogens is 2. The summed E-state index contributed by atoms with van der Waals surface area (Å²) < 4.78 is 1.56. The maximum absolute atomic E-state index is 10.7. The highest BCUT2D eigenvalue weighted by atomic mass is 35.5. The standard InChI is InChI=1S/C10H9ClN2O2/c1-13-8(5-9(14)15)10-6(11)3-2-4-7(10)12-13/h2-4H,5H2,1H3,(H,14,15). The normalized spacial score (nSPS) is 10.8. The van der Waals surface area contributed by atoms with Crippen molar-refractivity contribution in [1.29, 1.82) is 0 Å². The van der Waals surface area contributed by atoms with Crippen LogP contribution < -0.4 is 0 Å². The second kappa shape index (κ2) is 3.55. The number of aliphatic carboxylic acids is 1. The van der Waals surface area contributed by atoms with Crippen LogP contribution in [0.15, 0.2) is 18.2 Å². The Hall–Kier alpha value is -1.55. The third-order valence-corrected chi connectivity index (χ3v) is 2.56. The zero-order valence-electron chi connectivity index (χ0n) is 8.07. The number of carbonyl (C=O) groups is 1. The second-order valence-electron chi connectivity index (χ2n) is 3.27. The highest BCUT2D eigenvalue weighted by molar-refractivity contribution is 6.35. The molecule has 0 amide bonds. The van der Waals surface area contributed by atoms with Gasteiger partial charge in [0.2, 0.25) is 0 Å². The van der Waals surface area contributed by atoms with Gasteiger partial charge < -0.3 is 5.11 Å². The maximum atomic E-state index is 10.7. The molecule has 0 aliphatic rings. The Balaban J connectivity index is 2.71. The molecule has 0 saturated carbocycles. The number of fused-ring (bicyclic) bond motifs is 1. The van der Waals surface area contributed by atoms with Gasteiger partial charge >= 0.3 is 5.97 Å². The molecule has 1 aromatic carbocycles. The number of hydrogen-bond acceptors (Lipinski definition) is 2. The minimum absolute atomic E-state index is 0.0727. The fraction of sp³-hybridized carbons (Fsp3) is 0.200. The number of hydrogen-bond donors (Lipinski definition) is 1. The molecule has 0 saturated heterocycles. The summed E-state index contributed by atoms with van der Waals surface area (Å²) in [5.41, 5.74) is 1.35. The first kappa shape index (κ1) is 9.98. The summed E-state index contributed by atoms with van der Waals surface area (Å²) in [5.74, 6) is -0.889. The van der Waals surface area contributed by atoms with Gasteiger partial charge in [0.25, 0.3) is 0 Å². The Morgan fingerprint density at radius 2 is 2.33 bits per heavy atom. The third kappa shape index (κ3) is 1.68. The fourth-order valence-electron chi connectivity index (χ4n) is 1.61. The van der Waals surface area contributed by atoms with Crippen molar-refractivity contribution in [3.63, 3.8) is 0 Å². The summed E-state index contributed by atoms with van der Waals surface area (Å²) in [7, 11) is 1.72. The molecular formula is C10H9ClN2O2. The van der Waals surface area contributed by atoms with Crippen molar-refractivity contribution in [1.82, 2.24) is 9.78 Å². The summed E-state index contributed by atoms with van der Waals surface area (Å²) in [6.07, 6.45) is -0.0727. The van der Waals surface area contributed by atoms with Crippen LogP contribution in [0.25, 0.3) is 10.9 Å². The van der Waals surface area contributed by atoms with E-state index in [2.05, 4.69) is 5.10 Å². The first-order valence-electron chi connectivity index (χ1n) is 4.41. The Kier molecular flexibility index (Phi) is 2.36. The lowest BCUT2D eigenvalue weighted by atomic mass is 10.1. The van der Waals surface area contributed by atoms with Gasteiger partial charge in [-0.25, -0.2) is 0 Å². The molecule has 1 heterocycles. The summed E-state index contributed by atoms with van der Waals surface area (Å²) in [5, 5.41) is 14.2. The van der Waals surface area contributed by atoms with E-state index in [0.29, 0.717) is 10.7 Å². The molecule has 5 heteroatoms. The van der Waals surface area contributed by atoms with Gasteiger partial charge in [0, 0.05) is 12.4 Å². The number of halogens is 1. The first-order chi connectivity index (χ1) is 7.09. The molecular weight excluding hydrogens is 216 g/mol. The summed E-state index contributed by atoms with van der Waals surface area (Å²) in [6.45, 7) is 0. The fourth-order valence-corrected chi connectivity index (χ4v) is 1.89. The molecule has 0 fully saturated rings. The Morgan fingerprint density at radius 1 is 1.60 bits per heavy atom. The van der Waals surface area contributed by atoms with Gasteiger partial charge in [-0.1, -0.05) is 17.7 Å². The van der Waals surface area contributed by atoms with Gasteiger partial charge in [-0.05, 0) is 12.1 Å². The molecule has 4 nitrogen and oxygen atoms in total. The topological polar surface area (TPSA) is 55.1 Å². The molecule has 0 radical (unpaired) electrons. The second-order valence-corrected chi connectivity index (χ2v) is 3.68. The molecule has 0 unspecified atom stereocenters. The summed E-state index contributed by atoms with van der Waals surface area (Å²) >= 11 is 6.01. The van der Waals surface area contributed by atoms with Crippen LogP contribution in [0.3, 0.4) is 0 Å². The van der Waals surface area contributed by atoms with Crippen molar-refractivity contribution >= 4 is 28.5 Å². The van der Waals surface area contributed by atoms with Crippen molar-refractivity contribution in [2.45, 2.75) is 6.42 Å². The first-order valence-corrected chi connectivity index (χ1v) is 4.79. The lowest BCUT2D eigenvalue weighted by molar-refractivity contribution is -0.136. The highest BCUT2D eigenvalue weighted by Crippen LogP contribution is 2.26. The molecule has 78 valence electrons. The van der Waals surface area contributed by atoms with E-state index in [0.717, 1.165) is 10.9 Å². The summed E-state index contributed by atoms with van der Waals surface area (Å²) in [6, 6.07) is 5.34. The van der Waals surface area contributed by atoms with Gasteiger partial charge in [0.1, 0.15) is 0 Å². The Morgan fingerprint density at radius 3 is 3.00 bits per heavy atom. The molecule has 2 aromatic rings. The van der Waals surface area contributed by atoms with Crippen molar-refractivity contribution < 1.29 is 9.90 Å². The van der Waals surface area contributed by atoms with E-state index < -0.39 is 5.97 Å². The van der Waals surface area contributed by atoms with Gasteiger partial charge in [-0.2, -0.15) is 5.10 Å². The molecule has 1 N–H and O–H groups in total. The lowest BCUT2D eigenvalue weighted by Gasteiger charge is -1.99. The van der Waals surface area contributed by atoms with E-state index in [9.17, 15) is 4.79 Å². The molecule has 0 aliphatic heterocycles. The molecule has 15 heavy (non-hydrogen) atoms. The average Bonchev–Trinajstić information content (AvgIpc) is 2.43. The van der Waals surface area contributed by atoms with E-state index in [1.54, 1.807) is 23.9 Å². The minimum Gasteiger partial charge on any atom is -0.481 e. The molecule has 2 rings (SSSR count). The van der Waals surface area contributed by atoms with Crippen LogP contribution in [0.1, 0.15) is 5.69 Å². The van der Waals surface area contributed by atoms with Crippen LogP contribution in [0.5, 0.6) is 0 Å². The number of benzene rings is 1. The number of aryl methyl sites for hydroxylation is 1. The lowest BCUT2D eigenvalue weighted by Crippen LogP contribution is -2.06. The monoisotopic (exact) mass is 224 g/mol. The van der Waals surface area contributed by atoms with Crippen molar-refractivity contribution in [3.05, 3.63) is 28.9 Å². The van der Waals surface area contributed by atoms with Gasteiger partial charge in [0.05, 0.1) is 22.7 Å². The summed E-state index contributed by atoms with van der Waals surface area (Å²) in [4.78, 5) is 10.7. The Labute approximate surface area is 91.1 Å². The third-order valence-electron chi connectivity index (χ3n) is 2.25. The highest BCUT2D eigenvalue weighted by Gasteiger charge is 2.14. The van der Waals surface area contributed by atoms with Gasteiger partial charge in [-0.3, -0.25) is 9.48 Å². The Bertz CT molecular complexity index is 533. The van der Waals surface area contributed by atoms with Crippen LogP contribution in [0.4, 0.5) is 0 Å². The van der Waals surface area contributed by atoms with Crippen LogP contribution >= 0.6 is 11.6 Å². The van der Waals surface area contributed by atoms with Crippen molar-refractivity contribution in [2.24, 2.45) is 7.05 Å². The maximum Gasteiger partial charge on any atom is 0.309 e. The minimum atomic E-state index is -0.889. The predicted molar refractivity (Wildman–Crippen MR) is 57.1 cm³/mol. The molecule has 0 spiro atoms. The zero-order chi connectivity index (χ0) is 11.0. The van der Waals surface area contributed by atoms with Crippen LogP contribution in [-0.2, 0) is 18.3 Å².